The molecule has 2 atom stereocenters. The molecule has 5 heteroatoms. The lowest BCUT2D eigenvalue weighted by molar-refractivity contribution is 0.0255. The lowest BCUT2D eigenvalue weighted by Gasteiger charge is -2.34. The summed E-state index contributed by atoms with van der Waals surface area (Å²) in [7, 11) is 0. The minimum Gasteiger partial charge on any atom is -0.392 e. The monoisotopic (exact) mass is 265 g/mol. The molecule has 0 amide bonds. The molecule has 4 N–H and O–H groups in total. The minimum atomic E-state index is -0.346. The first-order valence-corrected chi connectivity index (χ1v) is 6.50. The van der Waals surface area contributed by atoms with Crippen molar-refractivity contribution in [2.75, 3.05) is 13.1 Å². The molecule has 1 heterocycles. The summed E-state index contributed by atoms with van der Waals surface area (Å²) in [6.45, 7) is 3.96. The first-order valence-electron chi connectivity index (χ1n) is 6.50. The summed E-state index contributed by atoms with van der Waals surface area (Å²) in [6, 6.07) is 4.61. The van der Waals surface area contributed by atoms with Gasteiger partial charge in [0.25, 0.3) is 0 Å². The summed E-state index contributed by atoms with van der Waals surface area (Å²) < 4.78 is 13.9. The van der Waals surface area contributed by atoms with E-state index in [1.54, 1.807) is 12.1 Å². The van der Waals surface area contributed by atoms with Crippen molar-refractivity contribution in [1.82, 2.24) is 4.90 Å². The van der Waals surface area contributed by atoms with Crippen LogP contribution < -0.4 is 5.73 Å². The molecule has 2 rings (SSSR count). The molecule has 4 nitrogen and oxygen atoms in total. The number of nitrogens with zero attached hydrogens (tertiary/aromatic N) is 1. The van der Waals surface area contributed by atoms with E-state index in [0.29, 0.717) is 30.1 Å². The van der Waals surface area contributed by atoms with Crippen molar-refractivity contribution < 1.29 is 9.50 Å². The van der Waals surface area contributed by atoms with Crippen molar-refractivity contribution >= 4 is 5.84 Å². The van der Waals surface area contributed by atoms with Crippen LogP contribution in [-0.4, -0.2) is 35.0 Å². The number of nitrogen functional groups attached to an aromatic ring is 1. The number of aliphatic hydroxyl groups excluding tert-OH is 1. The zero-order valence-electron chi connectivity index (χ0n) is 11.1. The normalized spacial score (nSPS) is 24.4. The van der Waals surface area contributed by atoms with E-state index in [1.165, 1.54) is 6.07 Å². The molecule has 1 fully saturated rings. The van der Waals surface area contributed by atoms with Crippen LogP contribution in [0.5, 0.6) is 0 Å². The Labute approximate surface area is 112 Å². The number of amidine groups is 1. The molecule has 0 radical (unpaired) electrons. The average molecular weight is 265 g/mol. The summed E-state index contributed by atoms with van der Waals surface area (Å²) >= 11 is 0. The summed E-state index contributed by atoms with van der Waals surface area (Å²) in [5.41, 5.74) is 6.30. The van der Waals surface area contributed by atoms with Gasteiger partial charge in [-0.05, 0) is 24.9 Å². The summed E-state index contributed by atoms with van der Waals surface area (Å²) in [6.07, 6.45) is 0.585. The second-order valence-electron chi connectivity index (χ2n) is 5.29. The zero-order valence-corrected chi connectivity index (χ0v) is 11.1. The van der Waals surface area contributed by atoms with Gasteiger partial charge in [0.1, 0.15) is 11.7 Å². The molecule has 2 unspecified atom stereocenters. The third-order valence-corrected chi connectivity index (χ3v) is 3.76. The lowest BCUT2D eigenvalue weighted by Crippen LogP contribution is -2.42. The zero-order chi connectivity index (χ0) is 14.0. The van der Waals surface area contributed by atoms with E-state index in [9.17, 15) is 9.50 Å². The fourth-order valence-electron chi connectivity index (χ4n) is 2.34. The van der Waals surface area contributed by atoms with Crippen LogP contribution >= 0.6 is 0 Å². The van der Waals surface area contributed by atoms with Crippen molar-refractivity contribution in [2.24, 2.45) is 11.7 Å². The maximum Gasteiger partial charge on any atom is 0.128 e. The number of aliphatic hydroxyl groups is 1. The van der Waals surface area contributed by atoms with Gasteiger partial charge in [-0.25, -0.2) is 4.39 Å². The molecule has 0 aromatic heterocycles. The molecule has 0 spiro atoms. The van der Waals surface area contributed by atoms with Crippen LogP contribution in [0, 0.1) is 17.1 Å². The number of β-amino-alcohol motifs (C(OH)–C–C–N with tert-alkyl or cyclic N) is 1. The third-order valence-electron chi connectivity index (χ3n) is 3.76. The number of rotatable bonds is 3. The Morgan fingerprint density at radius 2 is 2.32 bits per heavy atom. The fourth-order valence-corrected chi connectivity index (χ4v) is 2.34. The van der Waals surface area contributed by atoms with E-state index in [1.807, 2.05) is 6.92 Å². The second kappa shape index (κ2) is 5.67. The first-order chi connectivity index (χ1) is 8.97. The largest absolute Gasteiger partial charge is 0.392 e. The van der Waals surface area contributed by atoms with E-state index in [-0.39, 0.29) is 17.8 Å². The van der Waals surface area contributed by atoms with Gasteiger partial charge < -0.3 is 10.8 Å². The highest BCUT2D eigenvalue weighted by molar-refractivity contribution is 5.94. The Morgan fingerprint density at radius 3 is 2.89 bits per heavy atom. The average Bonchev–Trinajstić information content (AvgIpc) is 2.36. The highest BCUT2D eigenvalue weighted by Crippen LogP contribution is 2.20. The van der Waals surface area contributed by atoms with Crippen LogP contribution in [0.1, 0.15) is 24.5 Å². The predicted octanol–water partition coefficient (Wildman–Crippen LogP) is 1.31. The fraction of sp³-hybridized carbons (Fsp3) is 0.500. The van der Waals surface area contributed by atoms with E-state index >= 15 is 0 Å². The van der Waals surface area contributed by atoms with Crippen LogP contribution in [-0.2, 0) is 6.54 Å². The van der Waals surface area contributed by atoms with Crippen LogP contribution in [0.2, 0.25) is 0 Å². The van der Waals surface area contributed by atoms with Crippen LogP contribution in [0.3, 0.4) is 0 Å². The van der Waals surface area contributed by atoms with Crippen molar-refractivity contribution in [3.63, 3.8) is 0 Å². The highest BCUT2D eigenvalue weighted by Gasteiger charge is 2.24. The van der Waals surface area contributed by atoms with E-state index in [4.69, 9.17) is 11.1 Å². The summed E-state index contributed by atoms with van der Waals surface area (Å²) in [5.74, 6) is -0.172. The Hall–Kier alpha value is -1.46. The molecule has 104 valence electrons. The van der Waals surface area contributed by atoms with Gasteiger partial charge in [0.15, 0.2) is 0 Å². The smallest absolute Gasteiger partial charge is 0.128 e. The Kier molecular flexibility index (Phi) is 4.17. The van der Waals surface area contributed by atoms with Gasteiger partial charge in [0.05, 0.1) is 6.10 Å². The molecule has 1 aromatic carbocycles. The lowest BCUT2D eigenvalue weighted by atomic mass is 9.95. The van der Waals surface area contributed by atoms with Crippen LogP contribution in [0.25, 0.3) is 0 Å². The van der Waals surface area contributed by atoms with Gasteiger partial charge >= 0.3 is 0 Å². The molecular formula is C14H20FN3O. The Bertz CT molecular complexity index is 478. The Morgan fingerprint density at radius 1 is 1.58 bits per heavy atom. The number of piperidine rings is 1. The van der Waals surface area contributed by atoms with Crippen molar-refractivity contribution in [2.45, 2.75) is 26.0 Å². The van der Waals surface area contributed by atoms with Crippen molar-refractivity contribution in [3.8, 4) is 0 Å². The van der Waals surface area contributed by atoms with E-state index in [2.05, 4.69) is 4.90 Å². The SMILES string of the molecule is CC1CCN(Cc2ccc(C(=N)N)cc2F)CC1O. The van der Waals surface area contributed by atoms with Gasteiger partial charge in [-0.15, -0.1) is 0 Å². The molecule has 19 heavy (non-hydrogen) atoms. The van der Waals surface area contributed by atoms with Crippen molar-refractivity contribution in [3.05, 3.63) is 35.1 Å². The summed E-state index contributed by atoms with van der Waals surface area (Å²) in [5, 5.41) is 17.1. The van der Waals surface area contributed by atoms with Gasteiger partial charge in [0.2, 0.25) is 0 Å². The number of nitrogens with two attached hydrogens (primary N) is 1. The summed E-state index contributed by atoms with van der Waals surface area (Å²) in [4.78, 5) is 2.05. The topological polar surface area (TPSA) is 73.3 Å². The highest BCUT2D eigenvalue weighted by atomic mass is 19.1. The number of likely N-dealkylation sites (tertiary alicyclic amines) is 1. The van der Waals surface area contributed by atoms with Crippen molar-refractivity contribution in [1.29, 1.82) is 5.41 Å². The quantitative estimate of drug-likeness (QED) is 0.570. The van der Waals surface area contributed by atoms with Gasteiger partial charge in [-0.1, -0.05) is 19.1 Å². The molecule has 0 bridgehead atoms. The number of halogens is 1. The minimum absolute atomic E-state index is 0.132. The maximum absolute atomic E-state index is 13.9. The number of nitrogens with one attached hydrogen (secondary N) is 1. The van der Waals surface area contributed by atoms with Crippen LogP contribution in [0.15, 0.2) is 18.2 Å². The number of hydrogen-bond donors (Lipinski definition) is 3. The maximum atomic E-state index is 13.9. The molecule has 1 saturated heterocycles. The molecular weight excluding hydrogens is 245 g/mol. The first kappa shape index (κ1) is 14.0. The molecule has 1 aromatic rings. The molecule has 1 aliphatic rings. The number of hydrogen-bond acceptors (Lipinski definition) is 3. The van der Waals surface area contributed by atoms with E-state index < -0.39 is 0 Å². The second-order valence-corrected chi connectivity index (χ2v) is 5.29. The van der Waals surface area contributed by atoms with Gasteiger partial charge in [-0.3, -0.25) is 10.3 Å². The molecule has 1 aliphatic heterocycles. The molecule has 0 saturated carbocycles. The predicted molar refractivity (Wildman–Crippen MR) is 72.5 cm³/mol. The van der Waals surface area contributed by atoms with Gasteiger partial charge in [-0.2, -0.15) is 0 Å². The Balaban J connectivity index is 2.05. The number of benzene rings is 1. The van der Waals surface area contributed by atoms with Gasteiger partial charge in [0, 0.05) is 24.2 Å². The standard InChI is InChI=1S/C14H20FN3O/c1-9-4-5-18(8-13(9)19)7-11-3-2-10(14(16)17)6-12(11)15/h2-3,6,9,13,19H,4-5,7-8H2,1H3,(H3,16,17). The third kappa shape index (κ3) is 3.30. The molecule has 0 aliphatic carbocycles. The van der Waals surface area contributed by atoms with Crippen LogP contribution in [0.4, 0.5) is 4.39 Å². The van der Waals surface area contributed by atoms with E-state index in [0.717, 1.165) is 13.0 Å².